The van der Waals surface area contributed by atoms with E-state index in [1.165, 1.54) is 12.8 Å². The van der Waals surface area contributed by atoms with Crippen LogP contribution in [0.2, 0.25) is 0 Å². The van der Waals surface area contributed by atoms with E-state index in [0.717, 1.165) is 32.4 Å². The molecule has 0 aliphatic carbocycles. The summed E-state index contributed by atoms with van der Waals surface area (Å²) in [5.74, 6) is 0.577. The van der Waals surface area contributed by atoms with Crippen LogP contribution >= 0.6 is 0 Å². The van der Waals surface area contributed by atoms with Crippen molar-refractivity contribution in [2.45, 2.75) is 50.8 Å². The summed E-state index contributed by atoms with van der Waals surface area (Å²) in [4.78, 5) is 14.7. The van der Waals surface area contributed by atoms with Crippen LogP contribution in [-0.2, 0) is 11.3 Å². The van der Waals surface area contributed by atoms with Crippen molar-refractivity contribution in [1.82, 2.24) is 15.4 Å². The summed E-state index contributed by atoms with van der Waals surface area (Å²) in [5.41, 5.74) is 0.395. The van der Waals surface area contributed by atoms with Crippen molar-refractivity contribution in [3.8, 4) is 0 Å². The molecule has 3 rings (SSSR count). The van der Waals surface area contributed by atoms with Gasteiger partial charge in [-0.1, -0.05) is 5.16 Å². The molecule has 2 aliphatic rings. The van der Waals surface area contributed by atoms with Gasteiger partial charge in [0, 0.05) is 31.8 Å². The number of hydrogen-bond acceptors (Lipinski definition) is 5. The summed E-state index contributed by atoms with van der Waals surface area (Å²) in [6.45, 7) is 2.22. The second kappa shape index (κ2) is 6.58. The van der Waals surface area contributed by atoms with Crippen LogP contribution in [0.1, 0.15) is 48.4 Å². The lowest BCUT2D eigenvalue weighted by molar-refractivity contribution is 0.0553. The minimum Gasteiger partial charge on any atom is -0.377 e. The van der Waals surface area contributed by atoms with Crippen molar-refractivity contribution in [1.29, 1.82) is 0 Å². The van der Waals surface area contributed by atoms with Crippen LogP contribution in [0.15, 0.2) is 10.6 Å². The van der Waals surface area contributed by atoms with Crippen molar-refractivity contribution >= 4 is 5.91 Å². The molecule has 6 heteroatoms. The fourth-order valence-electron chi connectivity index (χ4n) is 3.44. The molecule has 1 amide bonds. The van der Waals surface area contributed by atoms with Gasteiger partial charge in [0.05, 0.1) is 0 Å². The average Bonchev–Trinajstić information content (AvgIpc) is 3.18. The number of hydrogen-bond donors (Lipinski definition) is 1. The highest BCUT2D eigenvalue weighted by molar-refractivity contribution is 5.92. The predicted octanol–water partition coefficient (Wildman–Crippen LogP) is 1.57. The third-order valence-corrected chi connectivity index (χ3v) is 4.44. The summed E-state index contributed by atoms with van der Waals surface area (Å²) >= 11 is 0. The van der Waals surface area contributed by atoms with Crippen LogP contribution in [0.25, 0.3) is 0 Å². The minimum absolute atomic E-state index is 0.0143. The maximum absolute atomic E-state index is 12.7. The van der Waals surface area contributed by atoms with E-state index < -0.39 is 0 Å². The molecule has 0 spiro atoms. The van der Waals surface area contributed by atoms with E-state index in [-0.39, 0.29) is 11.9 Å². The first-order chi connectivity index (χ1) is 10.3. The maximum Gasteiger partial charge on any atom is 0.276 e. The molecule has 2 atom stereocenters. The van der Waals surface area contributed by atoms with Gasteiger partial charge in [-0.25, -0.2) is 0 Å². The first-order valence-electron chi connectivity index (χ1n) is 7.78. The van der Waals surface area contributed by atoms with Crippen LogP contribution in [-0.4, -0.2) is 48.2 Å². The van der Waals surface area contributed by atoms with E-state index in [2.05, 4.69) is 10.5 Å². The van der Waals surface area contributed by atoms with Crippen LogP contribution in [0.3, 0.4) is 0 Å². The Balaban J connectivity index is 1.73. The van der Waals surface area contributed by atoms with Gasteiger partial charge in [0.15, 0.2) is 11.5 Å². The Morgan fingerprint density at radius 3 is 3.14 bits per heavy atom. The van der Waals surface area contributed by atoms with E-state index in [0.29, 0.717) is 24.1 Å². The van der Waals surface area contributed by atoms with Gasteiger partial charge in [-0.05, 0) is 38.6 Å². The van der Waals surface area contributed by atoms with E-state index in [1.54, 1.807) is 13.2 Å². The molecule has 21 heavy (non-hydrogen) atoms. The molecule has 2 saturated heterocycles. The molecule has 0 saturated carbocycles. The molecule has 0 aromatic carbocycles. The van der Waals surface area contributed by atoms with Gasteiger partial charge in [-0.2, -0.15) is 0 Å². The molecule has 2 aliphatic heterocycles. The quantitative estimate of drug-likeness (QED) is 0.912. The molecular formula is C15H23N3O3. The van der Waals surface area contributed by atoms with Gasteiger partial charge in [-0.3, -0.25) is 4.79 Å². The molecular weight excluding hydrogens is 270 g/mol. The summed E-state index contributed by atoms with van der Waals surface area (Å²) in [5, 5.41) is 7.43. The van der Waals surface area contributed by atoms with Crippen LogP contribution in [0.5, 0.6) is 0 Å². The topological polar surface area (TPSA) is 67.6 Å². The molecule has 116 valence electrons. The first kappa shape index (κ1) is 14.5. The lowest BCUT2D eigenvalue weighted by Gasteiger charge is -2.38. The van der Waals surface area contributed by atoms with Crippen molar-refractivity contribution in [3.05, 3.63) is 17.5 Å². The molecule has 0 bridgehead atoms. The van der Waals surface area contributed by atoms with E-state index in [1.807, 2.05) is 4.90 Å². The zero-order valence-electron chi connectivity index (χ0n) is 12.5. The molecule has 3 heterocycles. The van der Waals surface area contributed by atoms with Crippen LogP contribution < -0.4 is 5.32 Å². The molecule has 2 unspecified atom stereocenters. The lowest BCUT2D eigenvalue weighted by atomic mass is 9.94. The second-order valence-electron chi connectivity index (χ2n) is 5.88. The number of piperidine rings is 1. The van der Waals surface area contributed by atoms with E-state index >= 15 is 0 Å². The van der Waals surface area contributed by atoms with E-state index in [9.17, 15) is 4.79 Å². The van der Waals surface area contributed by atoms with Gasteiger partial charge < -0.3 is 19.5 Å². The Morgan fingerprint density at radius 1 is 1.48 bits per heavy atom. The monoisotopic (exact) mass is 293 g/mol. The number of rotatable bonds is 4. The minimum atomic E-state index is -0.0143. The van der Waals surface area contributed by atoms with Crippen molar-refractivity contribution in [3.63, 3.8) is 0 Å². The third kappa shape index (κ3) is 3.11. The molecule has 1 aromatic rings. The fraction of sp³-hybridized carbons (Fsp3) is 0.733. The average molecular weight is 293 g/mol. The highest BCUT2D eigenvalue weighted by atomic mass is 16.5. The van der Waals surface area contributed by atoms with Crippen LogP contribution in [0.4, 0.5) is 0 Å². The SMILES string of the molecule is COCc1cc(C(=O)N2CCCCC2C2CCCN2)no1. The van der Waals surface area contributed by atoms with Crippen molar-refractivity contribution in [2.24, 2.45) is 0 Å². The normalized spacial score (nSPS) is 26.2. The van der Waals surface area contributed by atoms with Gasteiger partial charge in [-0.15, -0.1) is 0 Å². The number of methoxy groups -OCH3 is 1. The highest BCUT2D eigenvalue weighted by Crippen LogP contribution is 2.25. The number of nitrogens with one attached hydrogen (secondary N) is 1. The van der Waals surface area contributed by atoms with E-state index in [4.69, 9.17) is 9.26 Å². The Morgan fingerprint density at radius 2 is 2.38 bits per heavy atom. The van der Waals surface area contributed by atoms with Gasteiger partial charge in [0.2, 0.25) is 0 Å². The Hall–Kier alpha value is -1.40. The number of aromatic nitrogens is 1. The fourth-order valence-corrected chi connectivity index (χ4v) is 3.44. The van der Waals surface area contributed by atoms with Crippen LogP contribution in [0, 0.1) is 0 Å². The number of carbonyl (C=O) groups is 1. The largest absolute Gasteiger partial charge is 0.377 e. The Kier molecular flexibility index (Phi) is 4.55. The predicted molar refractivity (Wildman–Crippen MR) is 76.9 cm³/mol. The first-order valence-corrected chi connectivity index (χ1v) is 7.78. The zero-order chi connectivity index (χ0) is 14.7. The second-order valence-corrected chi connectivity index (χ2v) is 5.88. The number of amides is 1. The lowest BCUT2D eigenvalue weighted by Crippen LogP contribution is -2.52. The third-order valence-electron chi connectivity index (χ3n) is 4.44. The van der Waals surface area contributed by atoms with Crippen molar-refractivity contribution < 1.29 is 14.1 Å². The molecule has 1 aromatic heterocycles. The molecule has 0 radical (unpaired) electrons. The van der Waals surface area contributed by atoms with Crippen molar-refractivity contribution in [2.75, 3.05) is 20.2 Å². The molecule has 6 nitrogen and oxygen atoms in total. The van der Waals surface area contributed by atoms with Gasteiger partial charge in [0.1, 0.15) is 6.61 Å². The number of likely N-dealkylation sites (tertiary alicyclic amines) is 1. The summed E-state index contributed by atoms with van der Waals surface area (Å²) in [7, 11) is 1.59. The Labute approximate surface area is 124 Å². The smallest absolute Gasteiger partial charge is 0.276 e. The van der Waals surface area contributed by atoms with Gasteiger partial charge >= 0.3 is 0 Å². The summed E-state index contributed by atoms with van der Waals surface area (Å²) in [6.07, 6.45) is 5.69. The maximum atomic E-state index is 12.7. The zero-order valence-corrected chi connectivity index (χ0v) is 12.5. The number of nitrogens with zero attached hydrogens (tertiary/aromatic N) is 2. The number of ether oxygens (including phenoxy) is 1. The summed E-state index contributed by atoms with van der Waals surface area (Å²) in [6, 6.07) is 2.41. The molecule has 1 N–H and O–H groups in total. The van der Waals surface area contributed by atoms with Gasteiger partial charge in [0.25, 0.3) is 5.91 Å². The highest BCUT2D eigenvalue weighted by Gasteiger charge is 2.35. The standard InChI is InChI=1S/C15H23N3O3/c1-20-10-11-9-13(17-21-11)15(19)18-8-3-2-6-14(18)12-5-4-7-16-12/h9,12,14,16H,2-8,10H2,1H3. The summed E-state index contributed by atoms with van der Waals surface area (Å²) < 4.78 is 10.1. The number of carbonyl (C=O) groups excluding carboxylic acids is 1. The molecule has 2 fully saturated rings. The Bertz CT molecular complexity index is 482.